The number of halogens is 1. The first-order valence-electron chi connectivity index (χ1n) is 7.51. The number of nitro benzene ring substituents is 1. The van der Waals surface area contributed by atoms with Crippen molar-refractivity contribution in [1.29, 1.82) is 0 Å². The van der Waals surface area contributed by atoms with E-state index in [0.717, 1.165) is 22.8 Å². The predicted molar refractivity (Wildman–Crippen MR) is 95.3 cm³/mol. The lowest BCUT2D eigenvalue weighted by molar-refractivity contribution is -0.384. The zero-order chi connectivity index (χ0) is 18.8. The summed E-state index contributed by atoms with van der Waals surface area (Å²) < 4.78 is 5.48. The number of aromatic nitrogens is 2. The van der Waals surface area contributed by atoms with E-state index in [1.54, 1.807) is 0 Å². The van der Waals surface area contributed by atoms with Crippen LogP contribution in [-0.4, -0.2) is 21.0 Å². The first kappa shape index (κ1) is 17.6. The van der Waals surface area contributed by atoms with Gasteiger partial charge in [0.15, 0.2) is 0 Å². The van der Waals surface area contributed by atoms with Gasteiger partial charge in [-0.25, -0.2) is 0 Å². The van der Waals surface area contributed by atoms with Crippen molar-refractivity contribution in [2.24, 2.45) is 0 Å². The molecule has 132 valence electrons. The number of rotatable bonds is 4. The van der Waals surface area contributed by atoms with Crippen LogP contribution in [0.15, 0.2) is 40.8 Å². The Kier molecular flexibility index (Phi) is 4.68. The topological polar surface area (TPSA) is 111 Å². The van der Waals surface area contributed by atoms with Crippen molar-refractivity contribution in [3.05, 3.63) is 68.2 Å². The second-order valence-electron chi connectivity index (χ2n) is 5.61. The van der Waals surface area contributed by atoms with Crippen molar-refractivity contribution < 1.29 is 14.1 Å². The number of anilines is 1. The Labute approximate surface area is 153 Å². The number of carbonyl (C=O) groups is 1. The molecule has 1 heterocycles. The van der Waals surface area contributed by atoms with Crippen LogP contribution >= 0.6 is 11.6 Å². The van der Waals surface area contributed by atoms with Crippen LogP contribution in [0.5, 0.6) is 0 Å². The molecule has 0 fully saturated rings. The SMILES string of the molecule is Cc1ccc(C)c(-c2nnc(NC(=O)c3cc([N+](=O)[O-])ccc3Cl)o2)c1. The Bertz CT molecular complexity index is 1020. The molecule has 3 rings (SSSR count). The summed E-state index contributed by atoms with van der Waals surface area (Å²) in [5, 5.41) is 21.1. The van der Waals surface area contributed by atoms with Gasteiger partial charge in [-0.3, -0.25) is 20.2 Å². The lowest BCUT2D eigenvalue weighted by atomic mass is 10.1. The van der Waals surface area contributed by atoms with Crippen molar-refractivity contribution in [3.8, 4) is 11.5 Å². The molecule has 3 aromatic rings. The summed E-state index contributed by atoms with van der Waals surface area (Å²) >= 11 is 5.95. The van der Waals surface area contributed by atoms with E-state index in [0.29, 0.717) is 0 Å². The van der Waals surface area contributed by atoms with Crippen LogP contribution in [0.2, 0.25) is 5.02 Å². The van der Waals surface area contributed by atoms with E-state index < -0.39 is 10.8 Å². The summed E-state index contributed by atoms with van der Waals surface area (Å²) in [7, 11) is 0. The van der Waals surface area contributed by atoms with Gasteiger partial charge in [0.1, 0.15) is 0 Å². The van der Waals surface area contributed by atoms with Gasteiger partial charge in [-0.2, -0.15) is 0 Å². The molecule has 0 aliphatic heterocycles. The standard InChI is InChI=1S/C17H13ClN4O4/c1-9-3-4-10(2)12(7-9)16-20-21-17(26-16)19-15(23)13-8-11(22(24)25)5-6-14(13)18/h3-8H,1-2H3,(H,19,21,23). The highest BCUT2D eigenvalue weighted by Gasteiger charge is 2.19. The Hall–Kier alpha value is -3.26. The third kappa shape index (κ3) is 3.55. The molecule has 26 heavy (non-hydrogen) atoms. The Balaban J connectivity index is 1.86. The summed E-state index contributed by atoms with van der Waals surface area (Å²) in [5.41, 5.74) is 2.41. The minimum Gasteiger partial charge on any atom is -0.403 e. The average Bonchev–Trinajstić information content (AvgIpc) is 3.05. The maximum atomic E-state index is 12.3. The minimum atomic E-state index is -0.685. The molecule has 1 N–H and O–H groups in total. The molecular formula is C17H13ClN4O4. The molecule has 9 heteroatoms. The molecule has 0 unspecified atom stereocenters. The first-order chi connectivity index (χ1) is 12.3. The number of non-ortho nitro benzene ring substituents is 1. The maximum Gasteiger partial charge on any atom is 0.322 e. The predicted octanol–water partition coefficient (Wildman–Crippen LogP) is 4.17. The average molecular weight is 373 g/mol. The molecule has 0 bridgehead atoms. The minimum absolute atomic E-state index is 0.0626. The van der Waals surface area contributed by atoms with Crippen LogP contribution in [0.25, 0.3) is 11.5 Å². The van der Waals surface area contributed by atoms with E-state index >= 15 is 0 Å². The van der Waals surface area contributed by atoms with Crippen LogP contribution in [0.1, 0.15) is 21.5 Å². The quantitative estimate of drug-likeness (QED) is 0.543. The van der Waals surface area contributed by atoms with Crippen molar-refractivity contribution in [2.75, 3.05) is 5.32 Å². The zero-order valence-corrected chi connectivity index (χ0v) is 14.6. The Morgan fingerprint density at radius 3 is 2.69 bits per heavy atom. The largest absolute Gasteiger partial charge is 0.403 e. The second kappa shape index (κ2) is 6.93. The van der Waals surface area contributed by atoms with Crippen LogP contribution in [0, 0.1) is 24.0 Å². The summed E-state index contributed by atoms with van der Waals surface area (Å²) in [5.74, 6) is -0.429. The number of hydrogen-bond acceptors (Lipinski definition) is 6. The molecular weight excluding hydrogens is 360 g/mol. The second-order valence-corrected chi connectivity index (χ2v) is 6.01. The molecule has 8 nitrogen and oxygen atoms in total. The Morgan fingerprint density at radius 2 is 1.96 bits per heavy atom. The number of nitrogens with zero attached hydrogens (tertiary/aromatic N) is 3. The van der Waals surface area contributed by atoms with E-state index in [4.69, 9.17) is 16.0 Å². The summed E-state index contributed by atoms with van der Waals surface area (Å²) in [6, 6.07) is 9.23. The van der Waals surface area contributed by atoms with Gasteiger partial charge in [0.25, 0.3) is 11.6 Å². The fraction of sp³-hybridized carbons (Fsp3) is 0.118. The number of aryl methyl sites for hydroxylation is 2. The van der Waals surface area contributed by atoms with E-state index in [1.807, 2.05) is 32.0 Å². The zero-order valence-electron chi connectivity index (χ0n) is 13.8. The molecule has 0 saturated heterocycles. The van der Waals surface area contributed by atoms with Gasteiger partial charge in [0.05, 0.1) is 15.5 Å². The molecule has 0 radical (unpaired) electrons. The van der Waals surface area contributed by atoms with Crippen LogP contribution in [0.4, 0.5) is 11.7 Å². The molecule has 1 amide bonds. The van der Waals surface area contributed by atoms with E-state index in [2.05, 4.69) is 15.5 Å². The van der Waals surface area contributed by atoms with Crippen LogP contribution in [-0.2, 0) is 0 Å². The fourth-order valence-corrected chi connectivity index (χ4v) is 2.52. The highest BCUT2D eigenvalue weighted by atomic mass is 35.5. The maximum absolute atomic E-state index is 12.3. The summed E-state index contributed by atoms with van der Waals surface area (Å²) in [4.78, 5) is 22.6. The molecule has 0 saturated carbocycles. The third-order valence-electron chi connectivity index (χ3n) is 3.67. The van der Waals surface area contributed by atoms with Gasteiger partial charge in [-0.1, -0.05) is 34.4 Å². The number of nitrogens with one attached hydrogen (secondary N) is 1. The van der Waals surface area contributed by atoms with Crippen LogP contribution < -0.4 is 5.32 Å². The van der Waals surface area contributed by atoms with Gasteiger partial charge in [-0.15, -0.1) is 5.10 Å². The van der Waals surface area contributed by atoms with Gasteiger partial charge in [-0.05, 0) is 31.5 Å². The fourth-order valence-electron chi connectivity index (χ4n) is 2.31. The summed E-state index contributed by atoms with van der Waals surface area (Å²) in [6.45, 7) is 3.84. The van der Waals surface area contributed by atoms with Gasteiger partial charge < -0.3 is 4.42 Å². The number of hydrogen-bond donors (Lipinski definition) is 1. The van der Waals surface area contributed by atoms with Crippen LogP contribution in [0.3, 0.4) is 0 Å². The Morgan fingerprint density at radius 1 is 1.19 bits per heavy atom. The smallest absolute Gasteiger partial charge is 0.322 e. The van der Waals surface area contributed by atoms with E-state index in [9.17, 15) is 14.9 Å². The number of benzene rings is 2. The first-order valence-corrected chi connectivity index (χ1v) is 7.89. The molecule has 2 aromatic carbocycles. The van der Waals surface area contributed by atoms with Crippen molar-refractivity contribution in [2.45, 2.75) is 13.8 Å². The molecule has 0 aliphatic carbocycles. The van der Waals surface area contributed by atoms with Gasteiger partial charge in [0.2, 0.25) is 5.89 Å². The van der Waals surface area contributed by atoms with Gasteiger partial charge in [0, 0.05) is 17.7 Å². The third-order valence-corrected chi connectivity index (χ3v) is 4.00. The monoisotopic (exact) mass is 372 g/mol. The highest BCUT2D eigenvalue weighted by molar-refractivity contribution is 6.34. The molecule has 1 aromatic heterocycles. The highest BCUT2D eigenvalue weighted by Crippen LogP contribution is 2.26. The lowest BCUT2D eigenvalue weighted by Gasteiger charge is -2.04. The van der Waals surface area contributed by atoms with Gasteiger partial charge >= 0.3 is 6.01 Å². The molecule has 0 atom stereocenters. The number of carbonyl (C=O) groups excluding carboxylic acids is 1. The lowest BCUT2D eigenvalue weighted by Crippen LogP contribution is -2.13. The van der Waals surface area contributed by atoms with E-state index in [1.165, 1.54) is 12.1 Å². The molecule has 0 aliphatic rings. The van der Waals surface area contributed by atoms with Crippen molar-refractivity contribution in [1.82, 2.24) is 10.2 Å². The summed E-state index contributed by atoms with van der Waals surface area (Å²) in [6.07, 6.45) is 0. The van der Waals surface area contributed by atoms with E-state index in [-0.39, 0.29) is 28.2 Å². The van der Waals surface area contributed by atoms with Crippen molar-refractivity contribution in [3.63, 3.8) is 0 Å². The number of nitro groups is 1. The molecule has 0 spiro atoms. The van der Waals surface area contributed by atoms with Crippen molar-refractivity contribution >= 4 is 29.2 Å². The number of amides is 1. The normalized spacial score (nSPS) is 10.6.